The van der Waals surface area contributed by atoms with Crippen molar-refractivity contribution in [2.75, 3.05) is 46.4 Å². The predicted molar refractivity (Wildman–Crippen MR) is 133 cm³/mol. The number of nitrogens with one attached hydrogen (secondary N) is 2. The van der Waals surface area contributed by atoms with E-state index in [1.807, 2.05) is 7.05 Å². The van der Waals surface area contributed by atoms with Gasteiger partial charge < -0.3 is 20.3 Å². The Hall–Kier alpha value is -0.450. The summed E-state index contributed by atoms with van der Waals surface area (Å²) < 4.78 is 5.51. The van der Waals surface area contributed by atoms with Crippen LogP contribution in [-0.4, -0.2) is 68.3 Å². The third kappa shape index (κ3) is 7.95. The average Bonchev–Trinajstić information content (AvgIpc) is 3.34. The minimum atomic E-state index is 0. The number of aromatic nitrogens is 1. The Kier molecular flexibility index (Phi) is 10.1. The Morgan fingerprint density at radius 1 is 1.31 bits per heavy atom. The molecule has 0 saturated carbocycles. The summed E-state index contributed by atoms with van der Waals surface area (Å²) in [5, 5.41) is 10.4. The van der Waals surface area contributed by atoms with Crippen LogP contribution in [0.2, 0.25) is 0 Å². The van der Waals surface area contributed by atoms with Gasteiger partial charge >= 0.3 is 0 Å². The lowest BCUT2D eigenvalue weighted by Crippen LogP contribution is -2.49. The zero-order valence-electron chi connectivity index (χ0n) is 18.4. The number of guanidine groups is 1. The third-order valence-corrected chi connectivity index (χ3v) is 6.55. The number of nitrogens with zero attached hydrogens (tertiary/aromatic N) is 3. The summed E-state index contributed by atoms with van der Waals surface area (Å²) >= 11 is 1.76. The highest BCUT2D eigenvalue weighted by Crippen LogP contribution is 2.24. The predicted octanol–water partition coefficient (Wildman–Crippen LogP) is 3.27. The molecule has 2 aliphatic heterocycles. The Bertz CT molecular complexity index is 631. The van der Waals surface area contributed by atoms with E-state index in [1.165, 1.54) is 49.6 Å². The molecule has 2 aliphatic rings. The molecule has 2 saturated heterocycles. The van der Waals surface area contributed by atoms with Gasteiger partial charge in [0.1, 0.15) is 0 Å². The van der Waals surface area contributed by atoms with Gasteiger partial charge in [-0.25, -0.2) is 4.98 Å². The van der Waals surface area contributed by atoms with Gasteiger partial charge in [0.05, 0.1) is 17.3 Å². The Morgan fingerprint density at radius 3 is 2.66 bits per heavy atom. The molecule has 8 heteroatoms. The molecule has 29 heavy (non-hydrogen) atoms. The lowest BCUT2D eigenvalue weighted by Gasteiger charge is -2.34. The van der Waals surface area contributed by atoms with Gasteiger partial charge in [-0.3, -0.25) is 4.99 Å². The van der Waals surface area contributed by atoms with Crippen LogP contribution in [0, 0.1) is 5.92 Å². The van der Waals surface area contributed by atoms with Gasteiger partial charge in [0.25, 0.3) is 0 Å². The third-order valence-electron chi connectivity index (χ3n) is 5.64. The van der Waals surface area contributed by atoms with Crippen LogP contribution in [0.25, 0.3) is 0 Å². The van der Waals surface area contributed by atoms with E-state index in [4.69, 9.17) is 9.72 Å². The first-order chi connectivity index (χ1) is 13.4. The van der Waals surface area contributed by atoms with Gasteiger partial charge in [-0.15, -0.1) is 35.3 Å². The Balaban J connectivity index is 0.00000300. The Labute approximate surface area is 197 Å². The molecule has 0 spiro atoms. The number of piperidine rings is 1. The molecule has 166 valence electrons. The molecule has 0 amide bonds. The van der Waals surface area contributed by atoms with Gasteiger partial charge in [0, 0.05) is 63.1 Å². The summed E-state index contributed by atoms with van der Waals surface area (Å²) in [7, 11) is 1.85. The van der Waals surface area contributed by atoms with Crippen LogP contribution in [0.1, 0.15) is 50.7 Å². The Morgan fingerprint density at radius 2 is 2.07 bits per heavy atom. The van der Waals surface area contributed by atoms with Crippen molar-refractivity contribution in [1.29, 1.82) is 0 Å². The van der Waals surface area contributed by atoms with Gasteiger partial charge in [0.2, 0.25) is 0 Å². The molecule has 1 aromatic rings. The maximum atomic E-state index is 5.51. The van der Waals surface area contributed by atoms with Gasteiger partial charge in [-0.2, -0.15) is 0 Å². The first-order valence-electron chi connectivity index (χ1n) is 10.7. The molecule has 0 aliphatic carbocycles. The lowest BCUT2D eigenvalue weighted by atomic mass is 9.93. The summed E-state index contributed by atoms with van der Waals surface area (Å²) in [6, 6.07) is 0.509. The van der Waals surface area contributed by atoms with Crippen LogP contribution >= 0.6 is 35.3 Å². The fourth-order valence-corrected chi connectivity index (χ4v) is 4.82. The van der Waals surface area contributed by atoms with Crippen molar-refractivity contribution < 1.29 is 4.74 Å². The summed E-state index contributed by atoms with van der Waals surface area (Å²) in [5.74, 6) is 1.65. The largest absolute Gasteiger partial charge is 0.381 e. The summed E-state index contributed by atoms with van der Waals surface area (Å²) in [4.78, 5) is 11.8. The van der Waals surface area contributed by atoms with E-state index in [-0.39, 0.29) is 29.4 Å². The van der Waals surface area contributed by atoms with Crippen LogP contribution in [0.3, 0.4) is 0 Å². The minimum absolute atomic E-state index is 0. The molecule has 3 rings (SSSR count). The van der Waals surface area contributed by atoms with Crippen LogP contribution in [0.5, 0.6) is 0 Å². The van der Waals surface area contributed by atoms with Crippen LogP contribution < -0.4 is 10.6 Å². The van der Waals surface area contributed by atoms with Crippen molar-refractivity contribution in [3.63, 3.8) is 0 Å². The highest BCUT2D eigenvalue weighted by atomic mass is 127. The van der Waals surface area contributed by atoms with Crippen molar-refractivity contribution in [2.45, 2.75) is 57.9 Å². The van der Waals surface area contributed by atoms with E-state index >= 15 is 0 Å². The fourth-order valence-electron chi connectivity index (χ4n) is 3.80. The molecular formula is C21H38IN5OS. The molecule has 1 unspecified atom stereocenters. The van der Waals surface area contributed by atoms with Crippen LogP contribution in [0.4, 0.5) is 0 Å². The van der Waals surface area contributed by atoms with Crippen molar-refractivity contribution in [3.05, 3.63) is 16.1 Å². The summed E-state index contributed by atoms with van der Waals surface area (Å²) in [6.07, 6.45) is 4.51. The maximum Gasteiger partial charge on any atom is 0.191 e. The zero-order valence-corrected chi connectivity index (χ0v) is 21.5. The first-order valence-corrected chi connectivity index (χ1v) is 11.5. The van der Waals surface area contributed by atoms with E-state index in [2.05, 4.69) is 46.7 Å². The lowest BCUT2D eigenvalue weighted by molar-refractivity contribution is 0.150. The standard InChI is InChI=1S/C21H37N5OS.HI/c1-21(2,3)18-15-28-19(25-18)5-9-23-20(22-4)24-17-6-10-26(11-7-17)13-16-8-12-27-14-16;/h15-17H,5-14H2,1-4H3,(H2,22,23,24);1H. The van der Waals surface area contributed by atoms with E-state index in [0.29, 0.717) is 6.04 Å². The molecule has 2 fully saturated rings. The van der Waals surface area contributed by atoms with E-state index < -0.39 is 0 Å². The minimum Gasteiger partial charge on any atom is -0.381 e. The number of rotatable bonds is 6. The SMILES string of the molecule is CN=C(NCCc1nc(C(C)(C)C)cs1)NC1CCN(CC2CCOC2)CC1.I. The highest BCUT2D eigenvalue weighted by molar-refractivity contribution is 14.0. The van der Waals surface area contributed by atoms with Crippen molar-refractivity contribution in [1.82, 2.24) is 20.5 Å². The highest BCUT2D eigenvalue weighted by Gasteiger charge is 2.24. The van der Waals surface area contributed by atoms with Crippen LogP contribution in [0.15, 0.2) is 10.4 Å². The van der Waals surface area contributed by atoms with Gasteiger partial charge in [0.15, 0.2) is 5.96 Å². The van der Waals surface area contributed by atoms with Crippen molar-refractivity contribution in [3.8, 4) is 0 Å². The number of ether oxygens (including phenoxy) is 1. The molecular weight excluding hydrogens is 497 g/mol. The van der Waals surface area contributed by atoms with E-state index in [0.717, 1.165) is 38.1 Å². The quantitative estimate of drug-likeness (QED) is 0.333. The molecule has 2 N–H and O–H groups in total. The first kappa shape index (κ1) is 24.8. The second-order valence-electron chi connectivity index (χ2n) is 9.07. The van der Waals surface area contributed by atoms with Crippen LogP contribution in [-0.2, 0) is 16.6 Å². The van der Waals surface area contributed by atoms with E-state index in [1.54, 1.807) is 11.3 Å². The second kappa shape index (κ2) is 11.8. The zero-order chi connectivity index (χ0) is 20.0. The molecule has 6 nitrogen and oxygen atoms in total. The number of thiazole rings is 1. The monoisotopic (exact) mass is 535 g/mol. The summed E-state index contributed by atoms with van der Waals surface area (Å²) in [6.45, 7) is 12.9. The van der Waals surface area contributed by atoms with Crippen molar-refractivity contribution >= 4 is 41.3 Å². The fraction of sp³-hybridized carbons (Fsp3) is 0.810. The number of halogens is 1. The number of likely N-dealkylation sites (tertiary alicyclic amines) is 1. The van der Waals surface area contributed by atoms with Gasteiger partial charge in [-0.1, -0.05) is 20.8 Å². The molecule has 0 aromatic carbocycles. The summed E-state index contributed by atoms with van der Waals surface area (Å²) in [5.41, 5.74) is 1.31. The second-order valence-corrected chi connectivity index (χ2v) is 10.0. The van der Waals surface area contributed by atoms with Crippen molar-refractivity contribution in [2.24, 2.45) is 10.9 Å². The molecule has 0 radical (unpaired) electrons. The van der Waals surface area contributed by atoms with Gasteiger partial charge in [-0.05, 0) is 25.2 Å². The molecule has 3 heterocycles. The molecule has 1 atom stereocenters. The molecule has 1 aromatic heterocycles. The normalized spacial score (nSPS) is 21.8. The smallest absolute Gasteiger partial charge is 0.191 e. The topological polar surface area (TPSA) is 61.8 Å². The number of hydrogen-bond acceptors (Lipinski definition) is 5. The average molecular weight is 536 g/mol. The number of hydrogen-bond donors (Lipinski definition) is 2. The van der Waals surface area contributed by atoms with E-state index in [9.17, 15) is 0 Å². The molecule has 0 bridgehead atoms. The number of aliphatic imine (C=N–C) groups is 1. The maximum absolute atomic E-state index is 5.51.